The number of fused-ring (bicyclic) bond motifs is 1. The second-order valence-corrected chi connectivity index (χ2v) is 5.20. The van der Waals surface area contributed by atoms with Gasteiger partial charge in [0.15, 0.2) is 5.58 Å². The van der Waals surface area contributed by atoms with Crippen molar-refractivity contribution in [1.82, 2.24) is 9.97 Å². The lowest BCUT2D eigenvalue weighted by Crippen LogP contribution is -2.17. The Kier molecular flexibility index (Phi) is 3.68. The summed E-state index contributed by atoms with van der Waals surface area (Å²) in [6.45, 7) is 3.71. The van der Waals surface area contributed by atoms with E-state index in [9.17, 15) is 9.90 Å². The molecule has 0 amide bonds. The van der Waals surface area contributed by atoms with Crippen LogP contribution in [0.2, 0.25) is 0 Å². The van der Waals surface area contributed by atoms with E-state index >= 15 is 0 Å². The lowest BCUT2D eigenvalue weighted by Gasteiger charge is -2.11. The van der Waals surface area contributed by atoms with Gasteiger partial charge in [-0.05, 0) is 32.0 Å². The molecule has 1 unspecified atom stereocenters. The molecule has 6 heteroatoms. The third-order valence-electron chi connectivity index (χ3n) is 3.50. The van der Waals surface area contributed by atoms with Gasteiger partial charge in [0, 0.05) is 11.3 Å². The summed E-state index contributed by atoms with van der Waals surface area (Å²) < 4.78 is 5.60. The maximum Gasteiger partial charge on any atom is 0.271 e. The van der Waals surface area contributed by atoms with Crippen LogP contribution in [0, 0.1) is 6.92 Å². The molecule has 2 aromatic heterocycles. The number of hydrogen-bond acceptors (Lipinski definition) is 5. The maximum absolute atomic E-state index is 12.0. The fourth-order valence-electron chi connectivity index (χ4n) is 2.37. The molecule has 3 N–H and O–H groups in total. The van der Waals surface area contributed by atoms with Crippen LogP contribution in [0.25, 0.3) is 11.1 Å². The molecule has 0 aliphatic carbocycles. The van der Waals surface area contributed by atoms with Gasteiger partial charge in [-0.1, -0.05) is 12.1 Å². The second-order valence-electron chi connectivity index (χ2n) is 5.20. The Morgan fingerprint density at radius 1 is 1.41 bits per heavy atom. The molecule has 3 rings (SSSR count). The van der Waals surface area contributed by atoms with E-state index in [2.05, 4.69) is 15.3 Å². The molecule has 0 aliphatic rings. The van der Waals surface area contributed by atoms with E-state index in [-0.39, 0.29) is 5.56 Å². The molecule has 0 spiro atoms. The van der Waals surface area contributed by atoms with Crippen molar-refractivity contribution in [2.75, 3.05) is 5.32 Å². The number of aliphatic hydroxyl groups excluding tert-OH is 1. The van der Waals surface area contributed by atoms with Gasteiger partial charge in [-0.15, -0.1) is 0 Å². The lowest BCUT2D eigenvalue weighted by atomic mass is 10.1. The number of anilines is 1. The van der Waals surface area contributed by atoms with Crippen LogP contribution in [0.3, 0.4) is 0 Å². The summed E-state index contributed by atoms with van der Waals surface area (Å²) in [7, 11) is 0. The highest BCUT2D eigenvalue weighted by atomic mass is 16.3. The smallest absolute Gasteiger partial charge is 0.271 e. The molecule has 1 aromatic carbocycles. The summed E-state index contributed by atoms with van der Waals surface area (Å²) in [6, 6.07) is 9.14. The first-order valence-electron chi connectivity index (χ1n) is 7.05. The first-order valence-corrected chi connectivity index (χ1v) is 7.05. The van der Waals surface area contributed by atoms with Gasteiger partial charge in [0.25, 0.3) is 5.56 Å². The van der Waals surface area contributed by atoms with Crippen molar-refractivity contribution < 1.29 is 9.52 Å². The van der Waals surface area contributed by atoms with Crippen LogP contribution in [0.4, 0.5) is 5.69 Å². The Morgan fingerprint density at radius 3 is 2.91 bits per heavy atom. The number of pyridine rings is 1. The van der Waals surface area contributed by atoms with Gasteiger partial charge in [-0.3, -0.25) is 4.79 Å². The topological polar surface area (TPSA) is 91.2 Å². The SMILES string of the molecule is Cc1[nH]c(=O)c(NCc2nc3ccccc3o2)cc1C(C)O. The largest absolute Gasteiger partial charge is 0.439 e. The molecular weight excluding hydrogens is 282 g/mol. The van der Waals surface area contributed by atoms with E-state index in [1.165, 1.54) is 0 Å². The van der Waals surface area contributed by atoms with Gasteiger partial charge in [0.1, 0.15) is 11.2 Å². The van der Waals surface area contributed by atoms with E-state index in [0.29, 0.717) is 35.0 Å². The maximum atomic E-state index is 12.0. The minimum absolute atomic E-state index is 0.238. The summed E-state index contributed by atoms with van der Waals surface area (Å²) in [6.07, 6.45) is -0.651. The molecule has 0 aliphatic heterocycles. The zero-order chi connectivity index (χ0) is 15.7. The Balaban J connectivity index is 1.84. The first-order chi connectivity index (χ1) is 10.5. The van der Waals surface area contributed by atoms with Crippen LogP contribution < -0.4 is 10.9 Å². The second kappa shape index (κ2) is 5.65. The average molecular weight is 299 g/mol. The van der Waals surface area contributed by atoms with Crippen molar-refractivity contribution in [2.45, 2.75) is 26.5 Å². The summed E-state index contributed by atoms with van der Waals surface area (Å²) in [5.41, 5.74) is 2.97. The summed E-state index contributed by atoms with van der Waals surface area (Å²) >= 11 is 0. The number of nitrogens with one attached hydrogen (secondary N) is 2. The van der Waals surface area contributed by atoms with Crippen LogP contribution >= 0.6 is 0 Å². The summed E-state index contributed by atoms with van der Waals surface area (Å²) in [5, 5.41) is 12.7. The monoisotopic (exact) mass is 299 g/mol. The number of benzene rings is 1. The molecule has 0 radical (unpaired) electrons. The molecular formula is C16H17N3O3. The molecule has 0 saturated heterocycles. The van der Waals surface area contributed by atoms with Crippen molar-refractivity contribution in [2.24, 2.45) is 0 Å². The van der Waals surface area contributed by atoms with Gasteiger partial charge >= 0.3 is 0 Å². The van der Waals surface area contributed by atoms with E-state index in [4.69, 9.17) is 4.42 Å². The molecule has 2 heterocycles. The van der Waals surface area contributed by atoms with E-state index in [1.54, 1.807) is 19.9 Å². The van der Waals surface area contributed by atoms with E-state index in [1.807, 2.05) is 24.3 Å². The third-order valence-corrected chi connectivity index (χ3v) is 3.50. The van der Waals surface area contributed by atoms with Crippen molar-refractivity contribution in [1.29, 1.82) is 0 Å². The van der Waals surface area contributed by atoms with E-state index in [0.717, 1.165) is 5.52 Å². The standard InChI is InChI=1S/C16H17N3O3/c1-9-11(10(2)20)7-13(16(21)18-9)17-8-15-19-12-5-3-4-6-14(12)22-15/h3-7,10,17,20H,8H2,1-2H3,(H,18,21). The minimum atomic E-state index is -0.651. The Bertz CT molecular complexity index is 831. The normalized spacial score (nSPS) is 12.5. The molecule has 6 nitrogen and oxygen atoms in total. The number of para-hydroxylation sites is 2. The summed E-state index contributed by atoms with van der Waals surface area (Å²) in [4.78, 5) is 19.0. The Hall–Kier alpha value is -2.60. The number of oxazole rings is 1. The predicted molar refractivity (Wildman–Crippen MR) is 83.8 cm³/mol. The van der Waals surface area contributed by atoms with Crippen LogP contribution in [-0.2, 0) is 6.54 Å². The van der Waals surface area contributed by atoms with Crippen LogP contribution in [-0.4, -0.2) is 15.1 Å². The average Bonchev–Trinajstić information content (AvgIpc) is 2.88. The number of aliphatic hydroxyl groups is 1. The summed E-state index contributed by atoms with van der Waals surface area (Å²) in [5.74, 6) is 0.500. The van der Waals surface area contributed by atoms with Crippen LogP contribution in [0.5, 0.6) is 0 Å². The van der Waals surface area contributed by atoms with Crippen molar-refractivity contribution >= 4 is 16.8 Å². The first kappa shape index (κ1) is 14.3. The number of aromatic nitrogens is 2. The molecule has 22 heavy (non-hydrogen) atoms. The Labute approximate surface area is 126 Å². The van der Waals surface area contributed by atoms with Gasteiger partial charge in [0.2, 0.25) is 5.89 Å². The van der Waals surface area contributed by atoms with Gasteiger partial charge < -0.3 is 19.8 Å². The number of aromatic amines is 1. The van der Waals surface area contributed by atoms with Crippen LogP contribution in [0.15, 0.2) is 39.5 Å². The van der Waals surface area contributed by atoms with Gasteiger partial charge in [0.05, 0.1) is 12.6 Å². The van der Waals surface area contributed by atoms with Gasteiger partial charge in [-0.25, -0.2) is 4.98 Å². The number of rotatable bonds is 4. The molecule has 0 fully saturated rings. The highest BCUT2D eigenvalue weighted by Crippen LogP contribution is 2.18. The zero-order valence-corrected chi connectivity index (χ0v) is 12.4. The molecule has 0 bridgehead atoms. The Morgan fingerprint density at radius 2 is 2.18 bits per heavy atom. The quantitative estimate of drug-likeness (QED) is 0.688. The van der Waals surface area contributed by atoms with Gasteiger partial charge in [-0.2, -0.15) is 0 Å². The van der Waals surface area contributed by atoms with Crippen LogP contribution in [0.1, 0.15) is 30.2 Å². The van der Waals surface area contributed by atoms with Crippen molar-refractivity contribution in [3.63, 3.8) is 0 Å². The third kappa shape index (κ3) is 2.73. The molecule has 114 valence electrons. The number of nitrogens with zero attached hydrogens (tertiary/aromatic N) is 1. The molecule has 1 atom stereocenters. The fourth-order valence-corrected chi connectivity index (χ4v) is 2.37. The zero-order valence-electron chi connectivity index (χ0n) is 12.4. The minimum Gasteiger partial charge on any atom is -0.439 e. The lowest BCUT2D eigenvalue weighted by molar-refractivity contribution is 0.198. The van der Waals surface area contributed by atoms with Crippen molar-refractivity contribution in [3.8, 4) is 0 Å². The number of H-pyrrole nitrogens is 1. The van der Waals surface area contributed by atoms with E-state index < -0.39 is 6.10 Å². The number of aryl methyl sites for hydroxylation is 1. The highest BCUT2D eigenvalue weighted by molar-refractivity contribution is 5.72. The van der Waals surface area contributed by atoms with Crippen molar-refractivity contribution in [3.05, 3.63) is 57.8 Å². The predicted octanol–water partition coefficient (Wildman–Crippen LogP) is 2.49. The highest BCUT2D eigenvalue weighted by Gasteiger charge is 2.11. The fraction of sp³-hybridized carbons (Fsp3) is 0.250. The molecule has 0 saturated carbocycles. The molecule has 3 aromatic rings. The number of hydrogen-bond donors (Lipinski definition) is 3.